The molecule has 2 aromatic carbocycles. The average Bonchev–Trinajstić information content (AvgIpc) is 2.58. The smallest absolute Gasteiger partial charge is 0.253 e. The van der Waals surface area contributed by atoms with Gasteiger partial charge in [-0.1, -0.05) is 24.3 Å². The zero-order chi connectivity index (χ0) is 16.8. The third-order valence-electron chi connectivity index (χ3n) is 3.95. The van der Waals surface area contributed by atoms with Gasteiger partial charge in [0.15, 0.2) is 11.5 Å². The standard InChI is InChI=1S/C19H23NO3/c1-4-20(5-2)19(22)15-11-9-14(10-12-15)13-16-7-6-8-17(23-3)18(16)21/h6-12,21H,4-5,13H2,1-3H3. The Labute approximate surface area is 137 Å². The van der Waals surface area contributed by atoms with Crippen LogP contribution in [-0.2, 0) is 6.42 Å². The highest BCUT2D eigenvalue weighted by Gasteiger charge is 2.13. The summed E-state index contributed by atoms with van der Waals surface area (Å²) in [7, 11) is 1.53. The van der Waals surface area contributed by atoms with Crippen LogP contribution in [0, 0.1) is 0 Å². The van der Waals surface area contributed by atoms with E-state index in [-0.39, 0.29) is 11.7 Å². The summed E-state index contributed by atoms with van der Waals surface area (Å²) in [5.41, 5.74) is 2.52. The summed E-state index contributed by atoms with van der Waals surface area (Å²) in [4.78, 5) is 14.1. The van der Waals surface area contributed by atoms with Crippen LogP contribution in [0.25, 0.3) is 0 Å². The minimum atomic E-state index is 0.0470. The molecule has 1 amide bonds. The van der Waals surface area contributed by atoms with E-state index in [1.54, 1.807) is 11.0 Å². The molecule has 0 fully saturated rings. The second kappa shape index (κ2) is 7.68. The molecule has 4 nitrogen and oxygen atoms in total. The van der Waals surface area contributed by atoms with E-state index in [0.29, 0.717) is 30.8 Å². The van der Waals surface area contributed by atoms with Crippen LogP contribution >= 0.6 is 0 Å². The predicted molar refractivity (Wildman–Crippen MR) is 91.2 cm³/mol. The average molecular weight is 313 g/mol. The van der Waals surface area contributed by atoms with Crippen LogP contribution in [0.1, 0.15) is 35.3 Å². The second-order valence-electron chi connectivity index (χ2n) is 5.32. The van der Waals surface area contributed by atoms with E-state index < -0.39 is 0 Å². The van der Waals surface area contributed by atoms with Gasteiger partial charge in [-0.05, 0) is 37.6 Å². The Balaban J connectivity index is 2.16. The fourth-order valence-electron chi connectivity index (χ4n) is 2.55. The topological polar surface area (TPSA) is 49.8 Å². The maximum absolute atomic E-state index is 12.3. The Bertz CT molecular complexity index is 661. The van der Waals surface area contributed by atoms with Gasteiger partial charge in [-0.15, -0.1) is 0 Å². The van der Waals surface area contributed by atoms with Gasteiger partial charge in [-0.3, -0.25) is 4.79 Å². The van der Waals surface area contributed by atoms with Crippen molar-refractivity contribution in [2.24, 2.45) is 0 Å². The van der Waals surface area contributed by atoms with Crippen molar-refractivity contribution in [3.8, 4) is 11.5 Å². The Hall–Kier alpha value is -2.49. The minimum Gasteiger partial charge on any atom is -0.504 e. The molecule has 2 aromatic rings. The largest absolute Gasteiger partial charge is 0.504 e. The van der Waals surface area contributed by atoms with E-state index in [2.05, 4.69) is 0 Å². The van der Waals surface area contributed by atoms with E-state index >= 15 is 0 Å². The van der Waals surface area contributed by atoms with Gasteiger partial charge in [-0.25, -0.2) is 0 Å². The molecule has 2 rings (SSSR count). The van der Waals surface area contributed by atoms with Crippen LogP contribution in [0.4, 0.5) is 0 Å². The molecule has 23 heavy (non-hydrogen) atoms. The molecule has 0 aliphatic carbocycles. The van der Waals surface area contributed by atoms with Gasteiger partial charge in [0.25, 0.3) is 5.91 Å². The molecular weight excluding hydrogens is 290 g/mol. The normalized spacial score (nSPS) is 10.4. The quantitative estimate of drug-likeness (QED) is 0.888. The molecule has 0 saturated heterocycles. The van der Waals surface area contributed by atoms with Crippen LogP contribution in [0.3, 0.4) is 0 Å². The maximum Gasteiger partial charge on any atom is 0.253 e. The summed E-state index contributed by atoms with van der Waals surface area (Å²) in [5, 5.41) is 10.1. The molecule has 0 atom stereocenters. The second-order valence-corrected chi connectivity index (χ2v) is 5.32. The highest BCUT2D eigenvalue weighted by Crippen LogP contribution is 2.30. The summed E-state index contributed by atoms with van der Waals surface area (Å²) in [5.74, 6) is 0.680. The predicted octanol–water partition coefficient (Wildman–Crippen LogP) is 3.47. The van der Waals surface area contributed by atoms with E-state index in [1.165, 1.54) is 7.11 Å². The molecule has 0 saturated carbocycles. The SMILES string of the molecule is CCN(CC)C(=O)c1ccc(Cc2cccc(OC)c2O)cc1. The number of methoxy groups -OCH3 is 1. The number of hydrogen-bond donors (Lipinski definition) is 1. The van der Waals surface area contributed by atoms with Gasteiger partial charge < -0.3 is 14.7 Å². The highest BCUT2D eigenvalue weighted by molar-refractivity contribution is 5.94. The van der Waals surface area contributed by atoms with Crippen LogP contribution in [-0.4, -0.2) is 36.1 Å². The molecular formula is C19H23NO3. The van der Waals surface area contributed by atoms with Gasteiger partial charge in [-0.2, -0.15) is 0 Å². The van der Waals surface area contributed by atoms with Crippen molar-refractivity contribution >= 4 is 5.91 Å². The Kier molecular flexibility index (Phi) is 5.63. The molecule has 0 spiro atoms. The van der Waals surface area contributed by atoms with Crippen molar-refractivity contribution in [1.29, 1.82) is 0 Å². The summed E-state index contributed by atoms with van der Waals surface area (Å²) < 4.78 is 5.12. The first-order valence-corrected chi connectivity index (χ1v) is 7.83. The first-order valence-electron chi connectivity index (χ1n) is 7.83. The number of phenols is 1. The Morgan fingerprint density at radius 3 is 2.30 bits per heavy atom. The molecule has 0 radical (unpaired) electrons. The Morgan fingerprint density at radius 1 is 1.09 bits per heavy atom. The number of carbonyl (C=O) groups excluding carboxylic acids is 1. The first-order chi connectivity index (χ1) is 11.1. The fraction of sp³-hybridized carbons (Fsp3) is 0.316. The van der Waals surface area contributed by atoms with Crippen LogP contribution in [0.15, 0.2) is 42.5 Å². The van der Waals surface area contributed by atoms with Crippen molar-refractivity contribution in [3.63, 3.8) is 0 Å². The third kappa shape index (κ3) is 3.83. The van der Waals surface area contributed by atoms with Crippen molar-refractivity contribution in [2.75, 3.05) is 20.2 Å². The summed E-state index contributed by atoms with van der Waals surface area (Å²) in [6.07, 6.45) is 0.586. The van der Waals surface area contributed by atoms with Crippen molar-refractivity contribution in [3.05, 3.63) is 59.2 Å². The fourth-order valence-corrected chi connectivity index (χ4v) is 2.55. The number of carbonyl (C=O) groups is 1. The van der Waals surface area contributed by atoms with Gasteiger partial charge in [0, 0.05) is 30.6 Å². The number of benzene rings is 2. The lowest BCUT2D eigenvalue weighted by molar-refractivity contribution is 0.0773. The lowest BCUT2D eigenvalue weighted by Crippen LogP contribution is -2.30. The monoisotopic (exact) mass is 313 g/mol. The molecule has 0 bridgehead atoms. The molecule has 0 unspecified atom stereocenters. The van der Waals surface area contributed by atoms with Gasteiger partial charge >= 0.3 is 0 Å². The number of ether oxygens (including phenoxy) is 1. The van der Waals surface area contributed by atoms with Crippen LogP contribution in [0.5, 0.6) is 11.5 Å². The lowest BCUT2D eigenvalue weighted by atomic mass is 10.0. The first kappa shape index (κ1) is 16.9. The number of amides is 1. The molecule has 122 valence electrons. The lowest BCUT2D eigenvalue weighted by Gasteiger charge is -2.18. The Morgan fingerprint density at radius 2 is 1.74 bits per heavy atom. The number of hydrogen-bond acceptors (Lipinski definition) is 3. The van der Waals surface area contributed by atoms with Gasteiger partial charge in [0.05, 0.1) is 7.11 Å². The number of nitrogens with zero attached hydrogens (tertiary/aromatic N) is 1. The van der Waals surface area contributed by atoms with E-state index in [1.807, 2.05) is 50.2 Å². The van der Waals surface area contributed by atoms with Crippen molar-refractivity contribution in [1.82, 2.24) is 4.90 Å². The van der Waals surface area contributed by atoms with Crippen LogP contribution in [0.2, 0.25) is 0 Å². The van der Waals surface area contributed by atoms with Crippen molar-refractivity contribution in [2.45, 2.75) is 20.3 Å². The third-order valence-corrected chi connectivity index (χ3v) is 3.95. The van der Waals surface area contributed by atoms with Crippen molar-refractivity contribution < 1.29 is 14.6 Å². The molecule has 0 aliphatic rings. The summed E-state index contributed by atoms with van der Waals surface area (Å²) in [6.45, 7) is 5.35. The summed E-state index contributed by atoms with van der Waals surface area (Å²) in [6, 6.07) is 13.0. The zero-order valence-electron chi connectivity index (χ0n) is 13.9. The highest BCUT2D eigenvalue weighted by atomic mass is 16.5. The van der Waals surface area contributed by atoms with Crippen LogP contribution < -0.4 is 4.74 Å². The molecule has 4 heteroatoms. The van der Waals surface area contributed by atoms with Gasteiger partial charge in [0.2, 0.25) is 0 Å². The van der Waals surface area contributed by atoms with E-state index in [9.17, 15) is 9.90 Å². The minimum absolute atomic E-state index is 0.0470. The number of aromatic hydroxyl groups is 1. The van der Waals surface area contributed by atoms with E-state index in [4.69, 9.17) is 4.74 Å². The molecule has 0 heterocycles. The number of phenolic OH excluding ortho intramolecular Hbond substituents is 1. The zero-order valence-corrected chi connectivity index (χ0v) is 13.9. The van der Waals surface area contributed by atoms with E-state index in [0.717, 1.165) is 11.1 Å². The molecule has 0 aliphatic heterocycles. The van der Waals surface area contributed by atoms with Gasteiger partial charge in [0.1, 0.15) is 0 Å². The maximum atomic E-state index is 12.3. The number of para-hydroxylation sites is 1. The molecule has 1 N–H and O–H groups in total. The summed E-state index contributed by atoms with van der Waals surface area (Å²) >= 11 is 0. The number of rotatable bonds is 6. The molecule has 0 aromatic heterocycles.